The van der Waals surface area contributed by atoms with Gasteiger partial charge in [0.1, 0.15) is 0 Å². The van der Waals surface area contributed by atoms with Crippen molar-refractivity contribution in [2.75, 3.05) is 0 Å². The second-order valence-corrected chi connectivity index (χ2v) is 17.3. The van der Waals surface area contributed by atoms with E-state index in [9.17, 15) is 13.0 Å². The fourth-order valence-corrected chi connectivity index (χ4v) is 9.09. The molecule has 0 saturated heterocycles. The largest absolute Gasteiger partial charge is 0.397 e. The Morgan fingerprint density at radius 1 is 0.360 bits per heavy atom. The Hall–Kier alpha value is -0.130. The minimum atomic E-state index is -4.52. The molecule has 0 fully saturated rings. The van der Waals surface area contributed by atoms with Crippen molar-refractivity contribution in [1.29, 1.82) is 0 Å². The van der Waals surface area contributed by atoms with Crippen LogP contribution in [0.3, 0.4) is 0 Å². The van der Waals surface area contributed by atoms with E-state index in [2.05, 4.69) is 34.6 Å². The molecule has 302 valence electrons. The van der Waals surface area contributed by atoms with E-state index < -0.39 is 16.5 Å². The van der Waals surface area contributed by atoms with Gasteiger partial charge < -0.3 is 0 Å². The van der Waals surface area contributed by atoms with Crippen LogP contribution in [-0.2, 0) is 14.6 Å². The summed E-state index contributed by atoms with van der Waals surface area (Å²) in [7, 11) is -4.52. The predicted octanol–water partition coefficient (Wildman–Crippen LogP) is 16.2. The quantitative estimate of drug-likeness (QED) is 0.0503. The van der Waals surface area contributed by atoms with Gasteiger partial charge in [0, 0.05) is 0 Å². The Balaban J connectivity index is 6.27. The molecule has 0 radical (unpaired) electrons. The third kappa shape index (κ3) is 31.4. The average molecular weight is 729 g/mol. The highest BCUT2D eigenvalue weighted by Gasteiger charge is 2.36. The standard InChI is InChI=1S/C45H92O4S/c1-6-11-16-21-26-28-33-38-42(37-32-27-22-17-12-7-2)43(39-34-29-23-18-13-8-3)44(40-35-30-24-19-14-9-4)45(49-50(46,47)48)41-36-31-25-20-15-10-5/h42-45H,6-41H2,1-5H3,(H,46,47,48). The van der Waals surface area contributed by atoms with Gasteiger partial charge in [0.15, 0.2) is 0 Å². The fourth-order valence-electron chi connectivity index (χ4n) is 8.53. The zero-order chi connectivity index (χ0) is 37.0. The maximum Gasteiger partial charge on any atom is 0.397 e. The Morgan fingerprint density at radius 3 is 0.940 bits per heavy atom. The maximum absolute atomic E-state index is 12.5. The molecule has 1 N–H and O–H groups in total. The van der Waals surface area contributed by atoms with Crippen LogP contribution in [0.5, 0.6) is 0 Å². The van der Waals surface area contributed by atoms with Gasteiger partial charge in [0.25, 0.3) is 0 Å². The van der Waals surface area contributed by atoms with E-state index in [-0.39, 0.29) is 5.92 Å². The van der Waals surface area contributed by atoms with Crippen LogP contribution in [0.4, 0.5) is 0 Å². The van der Waals surface area contributed by atoms with Gasteiger partial charge in [-0.05, 0) is 37.0 Å². The van der Waals surface area contributed by atoms with E-state index in [0.29, 0.717) is 11.8 Å². The maximum atomic E-state index is 12.5. The molecule has 0 bridgehead atoms. The summed E-state index contributed by atoms with van der Waals surface area (Å²) in [5.41, 5.74) is 0. The molecule has 0 aromatic heterocycles. The summed E-state index contributed by atoms with van der Waals surface area (Å²) in [4.78, 5) is 0. The Kier molecular flexibility index (Phi) is 37.1. The van der Waals surface area contributed by atoms with E-state index in [1.807, 2.05) is 0 Å². The van der Waals surface area contributed by atoms with E-state index in [1.165, 1.54) is 199 Å². The summed E-state index contributed by atoms with van der Waals surface area (Å²) >= 11 is 0. The van der Waals surface area contributed by atoms with Crippen LogP contribution in [-0.4, -0.2) is 19.1 Å². The monoisotopic (exact) mass is 729 g/mol. The molecular weight excluding hydrogens is 637 g/mol. The Bertz CT molecular complexity index is 769. The first-order valence-electron chi connectivity index (χ1n) is 23.0. The van der Waals surface area contributed by atoms with Crippen LogP contribution in [0.2, 0.25) is 0 Å². The molecule has 0 aromatic carbocycles. The van der Waals surface area contributed by atoms with Crippen LogP contribution >= 0.6 is 0 Å². The first-order chi connectivity index (χ1) is 24.3. The third-order valence-electron chi connectivity index (χ3n) is 11.6. The molecule has 0 rings (SSSR count). The highest BCUT2D eigenvalue weighted by atomic mass is 32.3. The number of unbranched alkanes of at least 4 members (excludes halogenated alkanes) is 26. The predicted molar refractivity (Wildman–Crippen MR) is 221 cm³/mol. The van der Waals surface area contributed by atoms with E-state index >= 15 is 0 Å². The molecule has 0 saturated carbocycles. The normalized spacial score (nSPS) is 14.6. The second kappa shape index (κ2) is 37.2. The van der Waals surface area contributed by atoms with Crippen molar-refractivity contribution in [3.8, 4) is 0 Å². The number of hydrogen-bond acceptors (Lipinski definition) is 3. The Morgan fingerprint density at radius 2 is 0.620 bits per heavy atom. The highest BCUT2D eigenvalue weighted by Crippen LogP contribution is 2.41. The molecule has 0 aliphatic carbocycles. The molecule has 0 aliphatic heterocycles. The van der Waals surface area contributed by atoms with Gasteiger partial charge in [-0.2, -0.15) is 8.42 Å². The van der Waals surface area contributed by atoms with Crippen LogP contribution < -0.4 is 0 Å². The zero-order valence-corrected chi connectivity index (χ0v) is 35.7. The number of hydrogen-bond donors (Lipinski definition) is 1. The second-order valence-electron chi connectivity index (χ2n) is 16.3. The topological polar surface area (TPSA) is 63.6 Å². The molecular formula is C45H92O4S. The summed E-state index contributed by atoms with van der Waals surface area (Å²) < 4.78 is 40.9. The fraction of sp³-hybridized carbons (Fsp3) is 1.00. The third-order valence-corrected chi connectivity index (χ3v) is 12.1. The van der Waals surface area contributed by atoms with Crippen LogP contribution in [0.25, 0.3) is 0 Å². The minimum Gasteiger partial charge on any atom is -0.264 e. The minimum absolute atomic E-state index is 0.198. The van der Waals surface area contributed by atoms with Gasteiger partial charge >= 0.3 is 10.4 Å². The molecule has 0 heterocycles. The molecule has 0 spiro atoms. The van der Waals surface area contributed by atoms with Crippen molar-refractivity contribution in [2.45, 2.75) is 272 Å². The average Bonchev–Trinajstić information content (AvgIpc) is 3.09. The van der Waals surface area contributed by atoms with Crippen molar-refractivity contribution in [1.82, 2.24) is 0 Å². The summed E-state index contributed by atoms with van der Waals surface area (Å²) in [5.74, 6) is 1.29. The van der Waals surface area contributed by atoms with E-state index in [4.69, 9.17) is 4.18 Å². The summed E-state index contributed by atoms with van der Waals surface area (Å²) in [6, 6.07) is 0. The first-order valence-corrected chi connectivity index (χ1v) is 24.4. The van der Waals surface area contributed by atoms with Gasteiger partial charge in [0.2, 0.25) is 0 Å². The summed E-state index contributed by atoms with van der Waals surface area (Å²) in [5, 5.41) is 0. The lowest BCUT2D eigenvalue weighted by atomic mass is 9.69. The Labute approximate surface area is 316 Å². The molecule has 50 heavy (non-hydrogen) atoms. The molecule has 0 amide bonds. The van der Waals surface area contributed by atoms with Crippen LogP contribution in [0, 0.1) is 17.8 Å². The lowest BCUT2D eigenvalue weighted by Crippen LogP contribution is -2.36. The van der Waals surface area contributed by atoms with Crippen LogP contribution in [0.1, 0.15) is 266 Å². The molecule has 0 aromatic rings. The van der Waals surface area contributed by atoms with Crippen molar-refractivity contribution in [2.24, 2.45) is 17.8 Å². The van der Waals surface area contributed by atoms with Gasteiger partial charge in [0.05, 0.1) is 6.10 Å². The van der Waals surface area contributed by atoms with Crippen molar-refractivity contribution < 1.29 is 17.2 Å². The SMILES string of the molecule is CCCCCCCCCC(CCCCCCCC)C(CCCCCCCC)C(CCCCCCCC)C(CCCCCCCC)OS(=O)(=O)O. The van der Waals surface area contributed by atoms with Crippen molar-refractivity contribution in [3.05, 3.63) is 0 Å². The van der Waals surface area contributed by atoms with Gasteiger partial charge in [-0.15, -0.1) is 0 Å². The van der Waals surface area contributed by atoms with Gasteiger partial charge in [-0.25, -0.2) is 4.18 Å². The molecule has 4 nitrogen and oxygen atoms in total. The van der Waals surface area contributed by atoms with E-state index in [1.54, 1.807) is 0 Å². The molecule has 4 unspecified atom stereocenters. The van der Waals surface area contributed by atoms with Gasteiger partial charge in [-0.1, -0.05) is 247 Å². The summed E-state index contributed by atoms with van der Waals surface area (Å²) in [6.07, 6.45) is 44.7. The first kappa shape index (κ1) is 49.9. The lowest BCUT2D eigenvalue weighted by molar-refractivity contribution is 0.0392. The lowest BCUT2D eigenvalue weighted by Gasteiger charge is -2.38. The van der Waals surface area contributed by atoms with E-state index in [0.717, 1.165) is 32.1 Å². The van der Waals surface area contributed by atoms with Crippen molar-refractivity contribution in [3.63, 3.8) is 0 Å². The summed E-state index contributed by atoms with van der Waals surface area (Å²) in [6.45, 7) is 11.4. The molecule has 0 aliphatic rings. The highest BCUT2D eigenvalue weighted by molar-refractivity contribution is 7.80. The smallest absolute Gasteiger partial charge is 0.264 e. The van der Waals surface area contributed by atoms with Gasteiger partial charge in [-0.3, -0.25) is 4.55 Å². The molecule has 4 atom stereocenters. The van der Waals surface area contributed by atoms with Crippen LogP contribution in [0.15, 0.2) is 0 Å². The van der Waals surface area contributed by atoms with Crippen molar-refractivity contribution >= 4 is 10.4 Å². The molecule has 5 heteroatoms. The number of rotatable bonds is 41. The zero-order valence-electron chi connectivity index (χ0n) is 34.8.